The highest BCUT2D eigenvalue weighted by atomic mass is 19.1. The van der Waals surface area contributed by atoms with Crippen molar-refractivity contribution in [3.8, 4) is 5.75 Å². The SMILES string of the molecule is CCOc1ccc(C2C(C(=O)Nc3ccc(F)cc3)c3ccccc3C(=O)N2CCN2CCOCC2)cc1. The molecule has 2 unspecified atom stereocenters. The van der Waals surface area contributed by atoms with Crippen LogP contribution in [0, 0.1) is 5.82 Å². The van der Waals surface area contributed by atoms with Crippen molar-refractivity contribution < 1.29 is 23.5 Å². The molecule has 0 aliphatic carbocycles. The summed E-state index contributed by atoms with van der Waals surface area (Å²) in [5, 5.41) is 2.96. The van der Waals surface area contributed by atoms with Crippen LogP contribution in [0.1, 0.15) is 40.4 Å². The first-order chi connectivity index (χ1) is 18.5. The Morgan fingerprint density at radius 3 is 2.42 bits per heavy atom. The molecule has 5 rings (SSSR count). The summed E-state index contributed by atoms with van der Waals surface area (Å²) in [7, 11) is 0. The molecule has 2 heterocycles. The topological polar surface area (TPSA) is 71.1 Å². The number of ether oxygens (including phenoxy) is 2. The van der Waals surface area contributed by atoms with E-state index in [-0.39, 0.29) is 17.6 Å². The van der Waals surface area contributed by atoms with Gasteiger partial charge in [0, 0.05) is 37.4 Å². The van der Waals surface area contributed by atoms with E-state index < -0.39 is 12.0 Å². The van der Waals surface area contributed by atoms with Crippen molar-refractivity contribution in [2.75, 3.05) is 51.3 Å². The number of carbonyl (C=O) groups is 2. The van der Waals surface area contributed by atoms with E-state index >= 15 is 0 Å². The van der Waals surface area contributed by atoms with Crippen LogP contribution in [-0.4, -0.2) is 67.6 Å². The van der Waals surface area contributed by atoms with Crippen LogP contribution in [0.25, 0.3) is 0 Å². The van der Waals surface area contributed by atoms with E-state index in [9.17, 15) is 14.0 Å². The van der Waals surface area contributed by atoms with Gasteiger partial charge >= 0.3 is 0 Å². The number of nitrogens with zero attached hydrogens (tertiary/aromatic N) is 2. The number of halogens is 1. The Hall–Kier alpha value is -3.75. The van der Waals surface area contributed by atoms with Crippen LogP contribution < -0.4 is 10.1 Å². The minimum Gasteiger partial charge on any atom is -0.494 e. The number of carbonyl (C=O) groups excluding carboxylic acids is 2. The van der Waals surface area contributed by atoms with Crippen LogP contribution in [-0.2, 0) is 9.53 Å². The lowest BCUT2D eigenvalue weighted by Gasteiger charge is -2.42. The summed E-state index contributed by atoms with van der Waals surface area (Å²) in [4.78, 5) is 31.9. The van der Waals surface area contributed by atoms with Crippen molar-refractivity contribution in [1.82, 2.24) is 9.80 Å². The van der Waals surface area contributed by atoms with Crippen LogP contribution in [0.5, 0.6) is 5.75 Å². The monoisotopic (exact) mass is 517 g/mol. The molecule has 0 radical (unpaired) electrons. The molecule has 0 aromatic heterocycles. The second-order valence-corrected chi connectivity index (χ2v) is 9.46. The molecule has 2 amide bonds. The Morgan fingerprint density at radius 1 is 1.00 bits per heavy atom. The fourth-order valence-corrected chi connectivity index (χ4v) is 5.25. The minimum absolute atomic E-state index is 0.0985. The number of hydrogen-bond donors (Lipinski definition) is 1. The Bertz CT molecular complexity index is 1260. The molecule has 3 aromatic carbocycles. The lowest BCUT2D eigenvalue weighted by atomic mass is 9.79. The van der Waals surface area contributed by atoms with Crippen molar-refractivity contribution in [2.24, 2.45) is 0 Å². The van der Waals surface area contributed by atoms with Gasteiger partial charge in [0.25, 0.3) is 5.91 Å². The molecular formula is C30H32FN3O4. The molecule has 2 aliphatic rings. The molecular weight excluding hydrogens is 485 g/mol. The van der Waals surface area contributed by atoms with Gasteiger partial charge in [0.05, 0.1) is 31.8 Å². The van der Waals surface area contributed by atoms with Crippen LogP contribution in [0.15, 0.2) is 72.8 Å². The van der Waals surface area contributed by atoms with Crippen LogP contribution in [0.3, 0.4) is 0 Å². The molecule has 8 heteroatoms. The van der Waals surface area contributed by atoms with E-state index in [0.717, 1.165) is 24.4 Å². The summed E-state index contributed by atoms with van der Waals surface area (Å²) < 4.78 is 24.6. The first-order valence-electron chi connectivity index (χ1n) is 13.0. The van der Waals surface area contributed by atoms with Gasteiger partial charge in [-0.05, 0) is 60.5 Å². The Balaban J connectivity index is 1.54. The van der Waals surface area contributed by atoms with E-state index in [1.165, 1.54) is 24.3 Å². The number of anilines is 1. The van der Waals surface area contributed by atoms with Crippen LogP contribution in [0.2, 0.25) is 0 Å². The third-order valence-electron chi connectivity index (χ3n) is 7.13. The smallest absolute Gasteiger partial charge is 0.254 e. The van der Waals surface area contributed by atoms with Gasteiger partial charge in [0.15, 0.2) is 0 Å². The number of hydrogen-bond acceptors (Lipinski definition) is 5. The molecule has 1 fully saturated rings. The lowest BCUT2D eigenvalue weighted by molar-refractivity contribution is -0.119. The van der Waals surface area contributed by atoms with Gasteiger partial charge in [0.2, 0.25) is 5.91 Å². The van der Waals surface area contributed by atoms with Gasteiger partial charge in [-0.2, -0.15) is 0 Å². The summed E-state index contributed by atoms with van der Waals surface area (Å²) in [5.41, 5.74) is 2.54. The molecule has 3 aromatic rings. The number of morpholine rings is 1. The van der Waals surface area contributed by atoms with Crippen molar-refractivity contribution in [3.05, 3.63) is 95.3 Å². The lowest BCUT2D eigenvalue weighted by Crippen LogP contribution is -2.49. The molecule has 0 bridgehead atoms. The van der Waals surface area contributed by atoms with Gasteiger partial charge < -0.3 is 19.7 Å². The average Bonchev–Trinajstić information content (AvgIpc) is 2.95. The summed E-state index contributed by atoms with van der Waals surface area (Å²) >= 11 is 0. The van der Waals surface area contributed by atoms with Gasteiger partial charge in [0.1, 0.15) is 11.6 Å². The van der Waals surface area contributed by atoms with E-state index in [4.69, 9.17) is 9.47 Å². The number of benzene rings is 3. The quantitative estimate of drug-likeness (QED) is 0.477. The Morgan fingerprint density at radius 2 is 1.71 bits per heavy atom. The maximum atomic E-state index is 13.9. The molecule has 0 spiro atoms. The van der Waals surface area contributed by atoms with Gasteiger partial charge in [-0.15, -0.1) is 0 Å². The number of amides is 2. The standard InChI is InChI=1S/C30H32FN3O4/c1-2-38-24-13-7-21(8-14-24)28-27(29(35)32-23-11-9-22(31)10-12-23)25-5-3-4-6-26(25)30(36)34(28)16-15-33-17-19-37-20-18-33/h3-14,27-28H,2,15-20H2,1H3,(H,32,35). The highest BCUT2D eigenvalue weighted by Gasteiger charge is 2.44. The summed E-state index contributed by atoms with van der Waals surface area (Å²) in [6.45, 7) is 6.56. The molecule has 1 N–H and O–H groups in total. The second kappa shape index (κ2) is 11.8. The Kier molecular flexibility index (Phi) is 8.00. The summed E-state index contributed by atoms with van der Waals surface area (Å²) in [5.74, 6) is -0.675. The average molecular weight is 518 g/mol. The first-order valence-corrected chi connectivity index (χ1v) is 13.0. The van der Waals surface area contributed by atoms with E-state index in [0.29, 0.717) is 49.7 Å². The van der Waals surface area contributed by atoms with Crippen LogP contribution in [0.4, 0.5) is 10.1 Å². The first kappa shape index (κ1) is 25.9. The third kappa shape index (κ3) is 5.56. The highest BCUT2D eigenvalue weighted by molar-refractivity contribution is 6.04. The van der Waals surface area contributed by atoms with E-state index in [2.05, 4.69) is 10.2 Å². The minimum atomic E-state index is -0.670. The summed E-state index contributed by atoms with van der Waals surface area (Å²) in [6.07, 6.45) is 0. The number of nitrogens with one attached hydrogen (secondary N) is 1. The zero-order valence-corrected chi connectivity index (χ0v) is 21.4. The third-order valence-corrected chi connectivity index (χ3v) is 7.13. The summed E-state index contributed by atoms with van der Waals surface area (Å²) in [6, 6.07) is 20.1. The van der Waals surface area contributed by atoms with E-state index in [1.54, 1.807) is 6.07 Å². The second-order valence-electron chi connectivity index (χ2n) is 9.46. The zero-order chi connectivity index (χ0) is 26.5. The van der Waals surface area contributed by atoms with Crippen LogP contribution >= 0.6 is 0 Å². The van der Waals surface area contributed by atoms with Gasteiger partial charge in [-0.25, -0.2) is 4.39 Å². The molecule has 198 valence electrons. The zero-order valence-electron chi connectivity index (χ0n) is 21.4. The molecule has 1 saturated heterocycles. The highest BCUT2D eigenvalue weighted by Crippen LogP contribution is 2.43. The maximum absolute atomic E-state index is 13.9. The molecule has 7 nitrogen and oxygen atoms in total. The number of rotatable bonds is 8. The molecule has 2 atom stereocenters. The van der Waals surface area contributed by atoms with Crippen molar-refractivity contribution in [1.29, 1.82) is 0 Å². The molecule has 38 heavy (non-hydrogen) atoms. The predicted octanol–water partition coefficient (Wildman–Crippen LogP) is 4.48. The van der Waals surface area contributed by atoms with E-state index in [1.807, 2.05) is 54.3 Å². The maximum Gasteiger partial charge on any atom is 0.254 e. The number of fused-ring (bicyclic) bond motifs is 1. The fraction of sp³-hybridized carbons (Fsp3) is 0.333. The molecule has 2 aliphatic heterocycles. The Labute approximate surface area is 222 Å². The van der Waals surface area contributed by atoms with Crippen molar-refractivity contribution in [2.45, 2.75) is 18.9 Å². The largest absolute Gasteiger partial charge is 0.494 e. The predicted molar refractivity (Wildman–Crippen MR) is 143 cm³/mol. The van der Waals surface area contributed by atoms with Gasteiger partial charge in [-0.1, -0.05) is 30.3 Å². The van der Waals surface area contributed by atoms with Gasteiger partial charge in [-0.3, -0.25) is 14.5 Å². The van der Waals surface area contributed by atoms with Crippen molar-refractivity contribution in [3.63, 3.8) is 0 Å². The normalized spacial score (nSPS) is 19.6. The van der Waals surface area contributed by atoms with Crippen molar-refractivity contribution >= 4 is 17.5 Å². The fourth-order valence-electron chi connectivity index (χ4n) is 5.25. The molecule has 0 saturated carbocycles.